The Bertz CT molecular complexity index is 4260. The van der Waals surface area contributed by atoms with Crippen molar-refractivity contribution in [1.82, 2.24) is 70.5 Å². The molecule has 3 saturated heterocycles. The standard InChI is InChI=1S/C25H28FN7O2.C20H26N6O3.C19H24N6O3.C5H5FN2.C3H7.ClH.Mg/c1-35-16-10-20(21(34)9-14-5-8-22(26)27-12-14)33(13-16)25-28-18-4-2-3-17(18)24(30-25)29-23-11-19(31-32-23)15-6-7-15;1-28-12-8-16(19(27)29-2)26(10-12)20-21-14-5-3-4-13(14)18(23-20)22-17-9-15(24-25-17)11-6-7-11;1-28-11-7-15(18(26)27)25(9-11)19-20-13-4-2-3-12(13)17(22-19)21-16-8-14(23-24-16)10-5-6-10;6-5-2-1-4(7)3-8-5;1-3-2;;/h5,8,11-12,15-16,20H,2-4,6-7,9-10,13H2,1H3,(H2,28,29,30,31,32);9,11-12,16H,3-8,10H2,1-2H3,(H2,21,22,23,24,25);8,10-11,15H,2-7,9H2,1H3,(H,26,27)(H2,20,21,22,23,24);1-3H,7H2;3H,1-2H3;1H;/q;;;;-1;;+2/p-1/t16-,20?;12-,16?;11-,15?;;;;/m111..../s1. The van der Waals surface area contributed by atoms with Crippen LogP contribution in [0.5, 0.6) is 0 Å². The second-order valence-electron chi connectivity index (χ2n) is 27.5. The van der Waals surface area contributed by atoms with Gasteiger partial charge in [0.25, 0.3) is 0 Å². The van der Waals surface area contributed by atoms with Crippen LogP contribution in [0.3, 0.4) is 0 Å². The second-order valence-corrected chi connectivity index (χ2v) is 27.5. The van der Waals surface area contributed by atoms with E-state index >= 15 is 0 Å². The van der Waals surface area contributed by atoms with E-state index in [1.54, 1.807) is 32.3 Å². The van der Waals surface area contributed by atoms with Crippen molar-refractivity contribution >= 4 is 99.2 Å². The van der Waals surface area contributed by atoms with Crippen molar-refractivity contribution in [2.24, 2.45) is 0 Å². The Morgan fingerprint density at radius 2 is 0.924 bits per heavy atom. The Balaban J connectivity index is 0.000000146. The van der Waals surface area contributed by atoms with Crippen LogP contribution in [0.2, 0.25) is 0 Å². The summed E-state index contributed by atoms with van der Waals surface area (Å²) in [6.07, 6.45) is 21.9. The minimum absolute atomic E-state index is 0. The normalized spacial score (nSPS) is 20.8. The van der Waals surface area contributed by atoms with Crippen LogP contribution >= 0.6 is 0 Å². The van der Waals surface area contributed by atoms with Crippen molar-refractivity contribution in [3.63, 3.8) is 0 Å². The number of aromatic nitrogens is 14. The number of aromatic amines is 3. The first-order valence-electron chi connectivity index (χ1n) is 35.6. The number of ketones is 1. The predicted octanol–water partition coefficient (Wildman–Crippen LogP) is 5.97. The summed E-state index contributed by atoms with van der Waals surface area (Å²) < 4.78 is 46.7. The topological polar surface area (TPSA) is 369 Å². The number of methoxy groups -OCH3 is 4. The Labute approximate surface area is 629 Å². The molecule has 17 rings (SSSR count). The first-order valence-corrected chi connectivity index (χ1v) is 35.6. The first-order chi connectivity index (χ1) is 50.0. The third-order valence-corrected chi connectivity index (χ3v) is 20.0. The van der Waals surface area contributed by atoms with Gasteiger partial charge >= 0.3 is 35.0 Å². The molecular formula is C72H90ClF2MgN21O8. The number of Topliss-reactive ketones (excluding diaryl/α,β-unsaturated/α-hetero) is 1. The second kappa shape index (κ2) is 35.1. The average Bonchev–Trinajstić information content (AvgIpc) is 1.69. The number of pyridine rings is 2. The summed E-state index contributed by atoms with van der Waals surface area (Å²) in [6, 6.07) is 10.2. The van der Waals surface area contributed by atoms with Crippen molar-refractivity contribution in [3.05, 3.63) is 130 Å². The number of aliphatic carboxylic acids is 1. The third kappa shape index (κ3) is 18.9. The van der Waals surface area contributed by atoms with Crippen molar-refractivity contribution in [2.75, 3.05) is 84.5 Å². The van der Waals surface area contributed by atoms with Gasteiger partial charge in [0.05, 0.1) is 60.4 Å². The molecule has 11 heterocycles. The molecule has 3 aliphatic heterocycles. The molecule has 6 aliphatic carbocycles. The number of aryl methyl sites for hydroxylation is 3. The average molecular weight is 1480 g/mol. The van der Waals surface area contributed by atoms with Crippen LogP contribution in [0, 0.1) is 18.3 Å². The quantitative estimate of drug-likeness (QED) is 0.0188. The van der Waals surface area contributed by atoms with Gasteiger partial charge < -0.3 is 79.3 Å². The van der Waals surface area contributed by atoms with Gasteiger partial charge in [-0.1, -0.05) is 6.07 Å². The van der Waals surface area contributed by atoms with E-state index in [0.717, 1.165) is 138 Å². The van der Waals surface area contributed by atoms with Gasteiger partial charge in [-0.15, -0.1) is 0 Å². The smallest absolute Gasteiger partial charge is 1.00 e. The van der Waals surface area contributed by atoms with Gasteiger partial charge in [0.1, 0.15) is 29.5 Å². The van der Waals surface area contributed by atoms with Gasteiger partial charge in [0, 0.05) is 143 Å². The zero-order valence-corrected chi connectivity index (χ0v) is 62.2. The van der Waals surface area contributed by atoms with Gasteiger partial charge in [0.15, 0.2) is 23.2 Å². The maximum atomic E-state index is 13.3. The predicted molar refractivity (Wildman–Crippen MR) is 386 cm³/mol. The Morgan fingerprint density at radius 3 is 1.27 bits per heavy atom. The van der Waals surface area contributed by atoms with E-state index in [2.05, 4.69) is 68.6 Å². The number of carbonyl (C=O) groups excluding carboxylic acids is 2. The van der Waals surface area contributed by atoms with E-state index in [1.165, 1.54) is 81.9 Å². The molecule has 105 heavy (non-hydrogen) atoms. The number of fused-ring (bicyclic) bond motifs is 3. The zero-order chi connectivity index (χ0) is 71.8. The summed E-state index contributed by atoms with van der Waals surface area (Å²) in [5.41, 5.74) is 16.3. The van der Waals surface area contributed by atoms with E-state index in [4.69, 9.17) is 54.6 Å². The molecular weight excluding hydrogens is 1380 g/mol. The number of hydrogen-bond donors (Lipinski definition) is 8. The molecule has 554 valence electrons. The van der Waals surface area contributed by atoms with Crippen molar-refractivity contribution in [1.29, 1.82) is 0 Å². The molecule has 6 atom stereocenters. The fourth-order valence-corrected chi connectivity index (χ4v) is 14.0. The molecule has 6 fully saturated rings. The number of carboxylic acids is 1. The SMILES string of the molecule is COC(=O)C1C[C@@H](OC)CN1c1nc2c(c(Nc3cc(C4CC4)[nH]n3)n1)CCC2.CO[C@@H]1CC(C(=O)Cc2ccc(F)nc2)N(c2nc3c(c(Nc4cc(C5CC5)[nH]n4)n2)CCC3)C1.CO[C@@H]1CC(C(=O)O)N(c2nc3c(c(Nc4cc(C5CC5)[nH]n4)n2)CCC3)C1.C[CH-]C.Nc1ccc(F)nc1.[Cl-].[Mg+2]. The number of nitrogens with two attached hydrogens (primary N) is 1. The van der Waals surface area contributed by atoms with E-state index in [9.17, 15) is 28.3 Å². The van der Waals surface area contributed by atoms with Crippen LogP contribution in [-0.2, 0) is 78.3 Å². The van der Waals surface area contributed by atoms with Gasteiger partial charge in [-0.25, -0.2) is 34.5 Å². The fourth-order valence-electron chi connectivity index (χ4n) is 14.0. The molecule has 0 amide bonds. The number of hydrogen-bond acceptors (Lipinski definition) is 25. The number of nitrogens with one attached hydrogen (secondary N) is 6. The minimum atomic E-state index is -0.875. The maximum absolute atomic E-state index is 13.3. The number of anilines is 10. The summed E-state index contributed by atoms with van der Waals surface area (Å²) in [4.78, 5) is 78.8. The number of nitrogens with zero attached hydrogens (tertiary/aromatic N) is 14. The first kappa shape index (κ1) is 77.3. The van der Waals surface area contributed by atoms with Crippen LogP contribution in [-0.4, -0.2) is 201 Å². The van der Waals surface area contributed by atoms with Crippen molar-refractivity contribution in [2.45, 2.75) is 190 Å². The van der Waals surface area contributed by atoms with Crippen LogP contribution in [0.1, 0.15) is 165 Å². The number of H-pyrrole nitrogens is 3. The van der Waals surface area contributed by atoms with E-state index in [0.29, 0.717) is 85.7 Å². The number of rotatable bonds is 20. The van der Waals surface area contributed by atoms with E-state index < -0.39 is 36.0 Å². The molecule has 8 aromatic heterocycles. The molecule has 0 radical (unpaired) electrons. The molecule has 33 heteroatoms. The number of halogens is 3. The number of nitrogen functional groups attached to an aromatic ring is 1. The van der Waals surface area contributed by atoms with Crippen molar-refractivity contribution < 1.29 is 59.6 Å². The number of carboxylic acid groups (broad SMARTS) is 1. The van der Waals surface area contributed by atoms with Gasteiger partial charge in [-0.2, -0.15) is 52.9 Å². The Kier molecular flexibility index (Phi) is 25.8. The molecule has 9 N–H and O–H groups in total. The molecule has 0 spiro atoms. The summed E-state index contributed by atoms with van der Waals surface area (Å²) in [5, 5.41) is 42.3. The Morgan fingerprint density at radius 1 is 0.552 bits per heavy atom. The van der Waals surface area contributed by atoms with Crippen molar-refractivity contribution in [3.8, 4) is 0 Å². The molecule has 3 saturated carbocycles. The summed E-state index contributed by atoms with van der Waals surface area (Å²) in [7, 11) is 6.34. The van der Waals surface area contributed by atoms with E-state index in [-0.39, 0.29) is 71.9 Å². The van der Waals surface area contributed by atoms with Gasteiger partial charge in [-0.05, 0) is 120 Å². The maximum Gasteiger partial charge on any atom is 2.00 e. The Hall–Kier alpha value is -8.82. The monoisotopic (exact) mass is 1470 g/mol. The minimum Gasteiger partial charge on any atom is -1.00 e. The number of ether oxygens (including phenoxy) is 4. The summed E-state index contributed by atoms with van der Waals surface area (Å²) in [5.74, 6) is 5.64. The zero-order valence-electron chi connectivity index (χ0n) is 60.0. The molecule has 29 nitrogen and oxygen atoms in total. The van der Waals surface area contributed by atoms with Crippen LogP contribution < -0.4 is 48.8 Å². The largest absolute Gasteiger partial charge is 2.00 e. The molecule has 0 bridgehead atoms. The molecule has 0 aromatic carbocycles. The van der Waals surface area contributed by atoms with Gasteiger partial charge in [-0.3, -0.25) is 20.1 Å². The summed E-state index contributed by atoms with van der Waals surface area (Å²) >= 11 is 0. The van der Waals surface area contributed by atoms with Crippen LogP contribution in [0.15, 0.2) is 54.9 Å². The third-order valence-electron chi connectivity index (χ3n) is 20.0. The van der Waals surface area contributed by atoms with Crippen LogP contribution in [0.25, 0.3) is 0 Å². The fraction of sp³-hybridized carbons (Fsp3) is 0.514. The molecule has 9 aliphatic rings. The van der Waals surface area contributed by atoms with E-state index in [1.807, 2.05) is 36.1 Å². The molecule has 3 unspecified atom stereocenters. The van der Waals surface area contributed by atoms with Gasteiger partial charge in [0.2, 0.25) is 29.7 Å². The number of carbonyl (C=O) groups is 3. The summed E-state index contributed by atoms with van der Waals surface area (Å²) in [6.45, 7) is 5.56. The van der Waals surface area contributed by atoms with Crippen LogP contribution in [0.4, 0.5) is 67.2 Å². The molecule has 8 aromatic rings. The number of esters is 1.